The van der Waals surface area contributed by atoms with Gasteiger partial charge >= 0.3 is 11.9 Å². The van der Waals surface area contributed by atoms with E-state index in [1.807, 2.05) is 18.2 Å². The highest BCUT2D eigenvalue weighted by Crippen LogP contribution is 2.21. The Hall–Kier alpha value is -3.09. The number of H-pyrrole nitrogens is 1. The number of aromatic amines is 1. The highest BCUT2D eigenvalue weighted by atomic mass is 16.5. The Kier molecular flexibility index (Phi) is 6.39. The van der Waals surface area contributed by atoms with Crippen molar-refractivity contribution in [1.82, 2.24) is 4.98 Å². The van der Waals surface area contributed by atoms with E-state index in [1.165, 1.54) is 11.8 Å². The number of aryl methyl sites for hydroxylation is 1. The SMILES string of the molecule is CCOC(=O)c1c(C)[nH]c(C(=O)OC(C)C(=O)N(C)c2ccccc2)c1C. The van der Waals surface area contributed by atoms with Crippen molar-refractivity contribution in [2.45, 2.75) is 33.8 Å². The van der Waals surface area contributed by atoms with E-state index in [0.29, 0.717) is 22.5 Å². The summed E-state index contributed by atoms with van der Waals surface area (Å²) in [6.45, 7) is 6.76. The van der Waals surface area contributed by atoms with E-state index in [2.05, 4.69) is 4.98 Å². The second-order valence-corrected chi connectivity index (χ2v) is 6.13. The van der Waals surface area contributed by atoms with Gasteiger partial charge in [-0.3, -0.25) is 4.79 Å². The minimum absolute atomic E-state index is 0.137. The molecule has 2 rings (SSSR count). The molecule has 7 heteroatoms. The molecule has 1 heterocycles. The maximum Gasteiger partial charge on any atom is 0.355 e. The van der Waals surface area contributed by atoms with Crippen molar-refractivity contribution in [2.75, 3.05) is 18.6 Å². The van der Waals surface area contributed by atoms with Crippen molar-refractivity contribution in [2.24, 2.45) is 0 Å². The molecule has 0 bridgehead atoms. The van der Waals surface area contributed by atoms with Gasteiger partial charge in [0.2, 0.25) is 0 Å². The first-order valence-electron chi connectivity index (χ1n) is 8.67. The fraction of sp³-hybridized carbons (Fsp3) is 0.350. The Morgan fingerprint density at radius 2 is 1.74 bits per heavy atom. The molecule has 0 saturated heterocycles. The number of amides is 1. The summed E-state index contributed by atoms with van der Waals surface area (Å²) in [5, 5.41) is 0. The average Bonchev–Trinajstić information content (AvgIpc) is 2.95. The number of carbonyl (C=O) groups excluding carboxylic acids is 3. The van der Waals surface area contributed by atoms with Crippen molar-refractivity contribution in [3.05, 3.63) is 52.8 Å². The maximum atomic E-state index is 12.5. The third-order valence-corrected chi connectivity index (χ3v) is 4.23. The zero-order valence-electron chi connectivity index (χ0n) is 16.2. The zero-order valence-corrected chi connectivity index (χ0v) is 16.2. The molecule has 1 amide bonds. The Bertz CT molecular complexity index is 842. The fourth-order valence-corrected chi connectivity index (χ4v) is 2.79. The first-order chi connectivity index (χ1) is 12.8. The van der Waals surface area contributed by atoms with Crippen molar-refractivity contribution in [3.63, 3.8) is 0 Å². The van der Waals surface area contributed by atoms with E-state index in [0.717, 1.165) is 0 Å². The Morgan fingerprint density at radius 1 is 1.11 bits per heavy atom. The number of likely N-dealkylation sites (N-methyl/N-ethyl adjacent to an activating group) is 1. The van der Waals surface area contributed by atoms with Gasteiger partial charge in [0.05, 0.1) is 12.2 Å². The number of nitrogens with one attached hydrogen (secondary N) is 1. The summed E-state index contributed by atoms with van der Waals surface area (Å²) in [5.41, 5.74) is 2.09. The van der Waals surface area contributed by atoms with E-state index < -0.39 is 18.0 Å². The second kappa shape index (κ2) is 8.53. The molecule has 1 aromatic carbocycles. The van der Waals surface area contributed by atoms with Crippen LogP contribution in [0.1, 0.15) is 46.0 Å². The minimum Gasteiger partial charge on any atom is -0.462 e. The topological polar surface area (TPSA) is 88.7 Å². The van der Waals surface area contributed by atoms with Crippen molar-refractivity contribution >= 4 is 23.5 Å². The summed E-state index contributed by atoms with van der Waals surface area (Å²) in [6.07, 6.45) is -0.989. The molecule has 0 spiro atoms. The normalized spacial score (nSPS) is 11.6. The monoisotopic (exact) mass is 372 g/mol. The lowest BCUT2D eigenvalue weighted by molar-refractivity contribution is -0.126. The zero-order chi connectivity index (χ0) is 20.1. The molecule has 0 saturated carbocycles. The van der Waals surface area contributed by atoms with Crippen molar-refractivity contribution < 1.29 is 23.9 Å². The van der Waals surface area contributed by atoms with Gasteiger partial charge in [-0.1, -0.05) is 18.2 Å². The Morgan fingerprint density at radius 3 is 2.33 bits per heavy atom. The van der Waals surface area contributed by atoms with Crippen LogP contribution in [-0.2, 0) is 14.3 Å². The van der Waals surface area contributed by atoms with Crippen LogP contribution in [0.15, 0.2) is 30.3 Å². The van der Waals surface area contributed by atoms with Gasteiger partial charge in [0.15, 0.2) is 6.10 Å². The predicted octanol–water partition coefficient (Wildman–Crippen LogP) is 3.02. The number of para-hydroxylation sites is 1. The third-order valence-electron chi connectivity index (χ3n) is 4.23. The van der Waals surface area contributed by atoms with Crippen LogP contribution in [0.2, 0.25) is 0 Å². The number of esters is 2. The first-order valence-corrected chi connectivity index (χ1v) is 8.67. The summed E-state index contributed by atoms with van der Waals surface area (Å²) in [5.74, 6) is -1.56. The molecule has 1 atom stereocenters. The highest BCUT2D eigenvalue weighted by molar-refractivity contribution is 6.01. The number of ether oxygens (including phenoxy) is 2. The predicted molar refractivity (Wildman–Crippen MR) is 101 cm³/mol. The number of hydrogen-bond acceptors (Lipinski definition) is 5. The number of anilines is 1. The molecule has 7 nitrogen and oxygen atoms in total. The van der Waals surface area contributed by atoms with Crippen LogP contribution in [0.3, 0.4) is 0 Å². The molecule has 0 radical (unpaired) electrons. The number of aromatic nitrogens is 1. The number of benzene rings is 1. The summed E-state index contributed by atoms with van der Waals surface area (Å²) >= 11 is 0. The van der Waals surface area contributed by atoms with Gasteiger partial charge in [0.25, 0.3) is 5.91 Å². The molecule has 0 aliphatic carbocycles. The highest BCUT2D eigenvalue weighted by Gasteiger charge is 2.27. The molecule has 1 unspecified atom stereocenters. The van der Waals surface area contributed by atoms with Crippen LogP contribution < -0.4 is 4.90 Å². The van der Waals surface area contributed by atoms with Crippen molar-refractivity contribution in [1.29, 1.82) is 0 Å². The van der Waals surface area contributed by atoms with E-state index in [9.17, 15) is 14.4 Å². The summed E-state index contributed by atoms with van der Waals surface area (Å²) < 4.78 is 10.3. The molecule has 144 valence electrons. The van der Waals surface area contributed by atoms with Crippen LogP contribution in [0.25, 0.3) is 0 Å². The standard InChI is InChI=1S/C20H24N2O5/c1-6-26-19(24)16-12(2)17(21-13(16)3)20(25)27-14(4)18(23)22(5)15-10-8-7-9-11-15/h7-11,14,21H,6H2,1-5H3. The molecule has 0 aliphatic heterocycles. The van der Waals surface area contributed by atoms with E-state index in [-0.39, 0.29) is 18.2 Å². The molecule has 1 N–H and O–H groups in total. The van der Waals surface area contributed by atoms with Crippen LogP contribution in [0.5, 0.6) is 0 Å². The quantitative estimate of drug-likeness (QED) is 0.788. The third kappa shape index (κ3) is 4.36. The number of carbonyl (C=O) groups is 3. The average molecular weight is 372 g/mol. The molecular formula is C20H24N2O5. The van der Waals surface area contributed by atoms with E-state index >= 15 is 0 Å². The van der Waals surface area contributed by atoms with Gasteiger partial charge in [0.1, 0.15) is 5.69 Å². The smallest absolute Gasteiger partial charge is 0.355 e. The molecule has 2 aromatic rings. The summed E-state index contributed by atoms with van der Waals surface area (Å²) in [6, 6.07) is 9.06. The van der Waals surface area contributed by atoms with Crippen LogP contribution in [0.4, 0.5) is 5.69 Å². The van der Waals surface area contributed by atoms with Crippen LogP contribution in [0, 0.1) is 13.8 Å². The van der Waals surface area contributed by atoms with E-state index in [1.54, 1.807) is 40.0 Å². The molecule has 0 fully saturated rings. The van der Waals surface area contributed by atoms with Crippen LogP contribution in [-0.4, -0.2) is 42.6 Å². The van der Waals surface area contributed by atoms with Gasteiger partial charge in [-0.25, -0.2) is 9.59 Å². The summed E-state index contributed by atoms with van der Waals surface area (Å²) in [4.78, 5) is 41.4. The van der Waals surface area contributed by atoms with Gasteiger partial charge in [0, 0.05) is 18.4 Å². The van der Waals surface area contributed by atoms with Gasteiger partial charge in [-0.05, 0) is 45.4 Å². The number of rotatable bonds is 6. The molecule has 0 aliphatic rings. The molecule has 1 aromatic heterocycles. The van der Waals surface area contributed by atoms with Crippen molar-refractivity contribution in [3.8, 4) is 0 Å². The lowest BCUT2D eigenvalue weighted by Crippen LogP contribution is -2.37. The number of nitrogens with zero attached hydrogens (tertiary/aromatic N) is 1. The fourth-order valence-electron chi connectivity index (χ4n) is 2.79. The van der Waals surface area contributed by atoms with Crippen LogP contribution >= 0.6 is 0 Å². The first kappa shape index (κ1) is 20.2. The van der Waals surface area contributed by atoms with Gasteiger partial charge in [-0.15, -0.1) is 0 Å². The minimum atomic E-state index is -0.989. The number of hydrogen-bond donors (Lipinski definition) is 1. The maximum absolute atomic E-state index is 12.5. The molecular weight excluding hydrogens is 348 g/mol. The Labute approximate surface area is 158 Å². The van der Waals surface area contributed by atoms with E-state index in [4.69, 9.17) is 9.47 Å². The Balaban J connectivity index is 2.14. The van der Waals surface area contributed by atoms with Gasteiger partial charge < -0.3 is 19.4 Å². The largest absolute Gasteiger partial charge is 0.462 e. The van der Waals surface area contributed by atoms with Gasteiger partial charge in [-0.2, -0.15) is 0 Å². The second-order valence-electron chi connectivity index (χ2n) is 6.13. The lowest BCUT2D eigenvalue weighted by atomic mass is 10.1. The molecule has 27 heavy (non-hydrogen) atoms. The lowest BCUT2D eigenvalue weighted by Gasteiger charge is -2.21. The summed E-state index contributed by atoms with van der Waals surface area (Å²) in [7, 11) is 1.62.